The van der Waals surface area contributed by atoms with Gasteiger partial charge in [0.2, 0.25) is 0 Å². The summed E-state index contributed by atoms with van der Waals surface area (Å²) in [5, 5.41) is 15.1. The highest BCUT2D eigenvalue weighted by molar-refractivity contribution is 7.98. The summed E-state index contributed by atoms with van der Waals surface area (Å²) in [6, 6.07) is 17.4. The third-order valence-corrected chi connectivity index (χ3v) is 5.85. The van der Waals surface area contributed by atoms with E-state index in [2.05, 4.69) is 20.8 Å². The summed E-state index contributed by atoms with van der Waals surface area (Å²) in [6.07, 6.45) is 2.28. The molecule has 0 bridgehead atoms. The summed E-state index contributed by atoms with van der Waals surface area (Å²) in [4.78, 5) is 13.7. The fourth-order valence-corrected chi connectivity index (χ4v) is 4.06. The molecule has 0 spiro atoms. The van der Waals surface area contributed by atoms with Crippen molar-refractivity contribution < 1.29 is 4.79 Å². The van der Waals surface area contributed by atoms with Crippen LogP contribution in [0, 0.1) is 5.92 Å². The molecule has 1 fully saturated rings. The predicted molar refractivity (Wildman–Crippen MR) is 115 cm³/mol. The first-order valence-corrected chi connectivity index (χ1v) is 10.3. The molecular weight excluding hydrogens is 408 g/mol. The van der Waals surface area contributed by atoms with Crippen molar-refractivity contribution in [2.75, 3.05) is 6.54 Å². The van der Waals surface area contributed by atoms with Crippen LogP contribution < -0.4 is 11.1 Å². The number of carbonyl (C=O) groups excluding carboxylic acids is 1. The quantitative estimate of drug-likeness (QED) is 0.533. The maximum absolute atomic E-state index is 12.8. The molecule has 3 aromatic rings. The number of para-hydroxylation sites is 1. The van der Waals surface area contributed by atoms with Gasteiger partial charge in [0.15, 0.2) is 5.82 Å². The highest BCUT2D eigenvalue weighted by Gasteiger charge is 2.31. The number of aromatic nitrogens is 4. The fourth-order valence-electron chi connectivity index (χ4n) is 3.10. The van der Waals surface area contributed by atoms with E-state index in [1.54, 1.807) is 16.4 Å². The number of thioether (sulfide) groups is 1. The van der Waals surface area contributed by atoms with Gasteiger partial charge in [0.25, 0.3) is 5.91 Å². The zero-order valence-corrected chi connectivity index (χ0v) is 17.4. The number of amides is 1. The normalized spacial score (nSPS) is 14.1. The van der Waals surface area contributed by atoms with Crippen molar-refractivity contribution in [3.05, 3.63) is 66.0 Å². The topological polar surface area (TPSA) is 98.7 Å². The maximum Gasteiger partial charge on any atom is 0.252 e. The van der Waals surface area contributed by atoms with E-state index in [9.17, 15) is 4.79 Å². The third-order valence-electron chi connectivity index (χ3n) is 4.78. The Morgan fingerprint density at radius 1 is 1.17 bits per heavy atom. The monoisotopic (exact) mass is 430 g/mol. The van der Waals surface area contributed by atoms with E-state index >= 15 is 0 Å². The highest BCUT2D eigenvalue weighted by atomic mass is 35.5. The molecule has 0 aliphatic heterocycles. The Hall–Kier alpha value is -2.42. The summed E-state index contributed by atoms with van der Waals surface area (Å²) < 4.78 is 1.72. The maximum atomic E-state index is 12.8. The van der Waals surface area contributed by atoms with Gasteiger partial charge >= 0.3 is 0 Å². The predicted octanol–water partition coefficient (Wildman–Crippen LogP) is 2.84. The lowest BCUT2D eigenvalue weighted by molar-refractivity contribution is 0.0930. The Morgan fingerprint density at radius 2 is 1.90 bits per heavy atom. The SMILES string of the molecule is Cl.NCC(NC(=O)c1ccccc1SCc1nnnn1-c1ccccc1)C1CC1. The molecule has 2 aromatic carbocycles. The van der Waals surface area contributed by atoms with E-state index < -0.39 is 0 Å². The molecule has 7 nitrogen and oxygen atoms in total. The van der Waals surface area contributed by atoms with Gasteiger partial charge in [0.1, 0.15) is 0 Å². The largest absolute Gasteiger partial charge is 0.348 e. The smallest absolute Gasteiger partial charge is 0.252 e. The Labute approximate surface area is 179 Å². The van der Waals surface area contributed by atoms with Crippen LogP contribution >= 0.6 is 24.2 Å². The number of nitrogens with one attached hydrogen (secondary N) is 1. The van der Waals surface area contributed by atoms with Crippen molar-refractivity contribution in [2.45, 2.75) is 29.5 Å². The van der Waals surface area contributed by atoms with Crippen LogP contribution in [0.15, 0.2) is 59.5 Å². The van der Waals surface area contributed by atoms with Crippen molar-refractivity contribution in [3.8, 4) is 5.69 Å². The molecule has 1 heterocycles. The second-order valence-electron chi connectivity index (χ2n) is 6.78. The van der Waals surface area contributed by atoms with Crippen LogP contribution in [0.4, 0.5) is 0 Å². The molecule has 1 atom stereocenters. The van der Waals surface area contributed by atoms with Gasteiger partial charge in [-0.15, -0.1) is 29.3 Å². The van der Waals surface area contributed by atoms with Crippen LogP contribution in [-0.4, -0.2) is 38.7 Å². The van der Waals surface area contributed by atoms with Gasteiger partial charge in [-0.05, 0) is 53.5 Å². The van der Waals surface area contributed by atoms with Gasteiger partial charge in [-0.2, -0.15) is 4.68 Å². The van der Waals surface area contributed by atoms with E-state index in [0.29, 0.717) is 23.8 Å². The third kappa shape index (κ3) is 5.14. The lowest BCUT2D eigenvalue weighted by atomic mass is 10.1. The fraction of sp³-hybridized carbons (Fsp3) is 0.300. The number of benzene rings is 2. The molecule has 29 heavy (non-hydrogen) atoms. The van der Waals surface area contributed by atoms with E-state index in [0.717, 1.165) is 29.2 Å². The van der Waals surface area contributed by atoms with Gasteiger partial charge in [0, 0.05) is 17.5 Å². The molecule has 9 heteroatoms. The minimum Gasteiger partial charge on any atom is -0.348 e. The lowest BCUT2D eigenvalue weighted by Crippen LogP contribution is -2.41. The van der Waals surface area contributed by atoms with Crippen molar-refractivity contribution >= 4 is 30.1 Å². The average molecular weight is 431 g/mol. The van der Waals surface area contributed by atoms with Gasteiger partial charge in [-0.3, -0.25) is 4.79 Å². The lowest BCUT2D eigenvalue weighted by Gasteiger charge is -2.17. The second kappa shape index (κ2) is 9.87. The van der Waals surface area contributed by atoms with Crippen LogP contribution in [0.3, 0.4) is 0 Å². The minimum absolute atomic E-state index is 0. The number of nitrogens with zero attached hydrogens (tertiary/aromatic N) is 4. The minimum atomic E-state index is -0.0758. The Morgan fingerprint density at radius 3 is 2.62 bits per heavy atom. The van der Waals surface area contributed by atoms with Crippen LogP contribution in [0.5, 0.6) is 0 Å². The first-order valence-electron chi connectivity index (χ1n) is 9.31. The zero-order valence-electron chi connectivity index (χ0n) is 15.8. The van der Waals surface area contributed by atoms with Gasteiger partial charge in [0.05, 0.1) is 17.0 Å². The number of nitrogens with two attached hydrogens (primary N) is 1. The summed E-state index contributed by atoms with van der Waals surface area (Å²) in [5.41, 5.74) is 7.39. The molecule has 0 saturated heterocycles. The molecule has 4 rings (SSSR count). The summed E-state index contributed by atoms with van der Waals surface area (Å²) in [5.74, 6) is 1.72. The molecule has 1 unspecified atom stereocenters. The molecule has 1 amide bonds. The zero-order chi connectivity index (χ0) is 19.3. The average Bonchev–Trinajstić information content (AvgIpc) is 3.48. The van der Waals surface area contributed by atoms with Gasteiger partial charge < -0.3 is 11.1 Å². The standard InChI is InChI=1S/C20H22N6OS.ClH/c21-12-17(14-10-11-14)22-20(27)16-8-4-5-9-18(16)28-13-19-23-24-25-26(19)15-6-2-1-3-7-15;/h1-9,14,17H,10-13,21H2,(H,22,27);1H. The summed E-state index contributed by atoms with van der Waals surface area (Å²) in [7, 11) is 0. The molecule has 152 valence electrons. The molecular formula is C20H23ClN6OS. The van der Waals surface area contributed by atoms with E-state index in [1.165, 1.54) is 0 Å². The van der Waals surface area contributed by atoms with Gasteiger partial charge in [-0.1, -0.05) is 30.3 Å². The van der Waals surface area contributed by atoms with Gasteiger partial charge in [-0.25, -0.2) is 0 Å². The number of halogens is 1. The second-order valence-corrected chi connectivity index (χ2v) is 7.80. The molecule has 1 aliphatic carbocycles. The van der Waals surface area contributed by atoms with Crippen molar-refractivity contribution in [1.29, 1.82) is 0 Å². The Balaban J connectivity index is 0.00000240. The number of tetrazole rings is 1. The van der Waals surface area contributed by atoms with Crippen molar-refractivity contribution in [3.63, 3.8) is 0 Å². The first kappa shape index (κ1) is 21.3. The molecule has 0 radical (unpaired) electrons. The Kier molecular flexibility index (Phi) is 7.24. The van der Waals surface area contributed by atoms with E-state index in [4.69, 9.17) is 5.73 Å². The molecule has 1 saturated carbocycles. The number of hydrogen-bond acceptors (Lipinski definition) is 6. The van der Waals surface area contributed by atoms with Crippen molar-refractivity contribution in [1.82, 2.24) is 25.5 Å². The number of hydrogen-bond donors (Lipinski definition) is 2. The molecule has 1 aliphatic rings. The molecule has 3 N–H and O–H groups in total. The highest BCUT2D eigenvalue weighted by Crippen LogP contribution is 2.33. The number of rotatable bonds is 8. The van der Waals surface area contributed by atoms with E-state index in [1.807, 2.05) is 54.6 Å². The van der Waals surface area contributed by atoms with Crippen molar-refractivity contribution in [2.24, 2.45) is 11.7 Å². The van der Waals surface area contributed by atoms with Crippen LogP contribution in [0.1, 0.15) is 29.0 Å². The van der Waals surface area contributed by atoms with E-state index in [-0.39, 0.29) is 24.4 Å². The molecule has 1 aromatic heterocycles. The summed E-state index contributed by atoms with van der Waals surface area (Å²) in [6.45, 7) is 0.470. The summed E-state index contributed by atoms with van der Waals surface area (Å²) >= 11 is 1.55. The van der Waals surface area contributed by atoms with Crippen LogP contribution in [0.25, 0.3) is 5.69 Å². The number of carbonyl (C=O) groups is 1. The first-order chi connectivity index (χ1) is 13.8. The van der Waals surface area contributed by atoms with Crippen LogP contribution in [0.2, 0.25) is 0 Å². The van der Waals surface area contributed by atoms with Crippen LogP contribution in [-0.2, 0) is 5.75 Å². The Bertz CT molecular complexity index is 947.